The van der Waals surface area contributed by atoms with Gasteiger partial charge < -0.3 is 5.32 Å². The van der Waals surface area contributed by atoms with E-state index in [0.717, 1.165) is 23.2 Å². The van der Waals surface area contributed by atoms with Gasteiger partial charge in [0.05, 0.1) is 4.92 Å². The van der Waals surface area contributed by atoms with E-state index in [9.17, 15) is 14.9 Å². The fraction of sp³-hybridized carbons (Fsp3) is 0.188. The van der Waals surface area contributed by atoms with Crippen LogP contribution in [0.5, 0.6) is 0 Å². The Hall–Kier alpha value is -2.69. The monoisotopic (exact) mass is 284 g/mol. The maximum absolute atomic E-state index is 12.2. The lowest BCUT2D eigenvalue weighted by atomic mass is 10.1. The molecule has 1 amide bonds. The van der Waals surface area contributed by atoms with Gasteiger partial charge in [-0.15, -0.1) is 0 Å². The van der Waals surface area contributed by atoms with Crippen molar-refractivity contribution in [3.05, 3.63) is 69.3 Å². The Kier molecular flexibility index (Phi) is 4.33. The van der Waals surface area contributed by atoms with Crippen LogP contribution in [0.4, 0.5) is 11.4 Å². The predicted molar refractivity (Wildman–Crippen MR) is 81.6 cm³/mol. The van der Waals surface area contributed by atoms with Crippen molar-refractivity contribution in [2.24, 2.45) is 0 Å². The molecule has 0 radical (unpaired) electrons. The number of anilines is 1. The van der Waals surface area contributed by atoms with E-state index >= 15 is 0 Å². The summed E-state index contributed by atoms with van der Waals surface area (Å²) in [6.45, 7) is 3.96. The molecule has 0 saturated carbocycles. The zero-order chi connectivity index (χ0) is 15.4. The van der Waals surface area contributed by atoms with Crippen LogP contribution >= 0.6 is 0 Å². The van der Waals surface area contributed by atoms with Crippen LogP contribution in [0.3, 0.4) is 0 Å². The quantitative estimate of drug-likeness (QED) is 0.687. The zero-order valence-corrected chi connectivity index (χ0v) is 11.9. The van der Waals surface area contributed by atoms with Gasteiger partial charge >= 0.3 is 0 Å². The second-order valence-corrected chi connectivity index (χ2v) is 4.72. The molecular weight excluding hydrogens is 268 g/mol. The van der Waals surface area contributed by atoms with Crippen LogP contribution in [0.15, 0.2) is 42.5 Å². The molecule has 0 saturated heterocycles. The molecular formula is C16H16N2O3. The van der Waals surface area contributed by atoms with Crippen molar-refractivity contribution in [3.8, 4) is 0 Å². The zero-order valence-electron chi connectivity index (χ0n) is 11.9. The van der Waals surface area contributed by atoms with E-state index in [2.05, 4.69) is 5.32 Å². The van der Waals surface area contributed by atoms with E-state index in [-0.39, 0.29) is 11.6 Å². The molecule has 108 valence electrons. The highest BCUT2D eigenvalue weighted by atomic mass is 16.6. The van der Waals surface area contributed by atoms with Crippen molar-refractivity contribution < 1.29 is 9.72 Å². The Bertz CT molecular complexity index is 678. The number of amides is 1. The second kappa shape index (κ2) is 6.17. The highest BCUT2D eigenvalue weighted by Gasteiger charge is 2.12. The average molecular weight is 284 g/mol. The number of aryl methyl sites for hydroxylation is 2. The molecule has 5 heteroatoms. The van der Waals surface area contributed by atoms with Gasteiger partial charge in [0.15, 0.2) is 0 Å². The van der Waals surface area contributed by atoms with Gasteiger partial charge in [0.25, 0.3) is 11.6 Å². The molecule has 0 aliphatic heterocycles. The van der Waals surface area contributed by atoms with Gasteiger partial charge in [0.1, 0.15) is 0 Å². The van der Waals surface area contributed by atoms with Gasteiger partial charge in [-0.1, -0.05) is 25.1 Å². The molecule has 2 aromatic rings. The van der Waals surface area contributed by atoms with Gasteiger partial charge in [-0.3, -0.25) is 14.9 Å². The van der Waals surface area contributed by atoms with Crippen LogP contribution in [-0.4, -0.2) is 10.8 Å². The number of hydrogen-bond donors (Lipinski definition) is 1. The average Bonchev–Trinajstić information content (AvgIpc) is 2.49. The van der Waals surface area contributed by atoms with Crippen molar-refractivity contribution in [2.75, 3.05) is 5.32 Å². The highest BCUT2D eigenvalue weighted by Crippen LogP contribution is 2.22. The van der Waals surface area contributed by atoms with Crippen LogP contribution in [0.2, 0.25) is 0 Å². The summed E-state index contributed by atoms with van der Waals surface area (Å²) < 4.78 is 0. The van der Waals surface area contributed by atoms with Crippen LogP contribution in [-0.2, 0) is 6.42 Å². The van der Waals surface area contributed by atoms with Crippen LogP contribution in [0, 0.1) is 17.0 Å². The third-order valence-electron chi connectivity index (χ3n) is 3.32. The summed E-state index contributed by atoms with van der Waals surface area (Å²) >= 11 is 0. The van der Waals surface area contributed by atoms with E-state index in [1.807, 2.05) is 32.0 Å². The standard InChI is InChI=1S/C16H16N2O3/c1-3-12-6-4-5-11(2)15(12)17-16(19)13-7-9-14(10-8-13)18(20)21/h4-10H,3H2,1-2H3,(H,17,19). The fourth-order valence-electron chi connectivity index (χ4n) is 2.12. The number of para-hydroxylation sites is 1. The Morgan fingerprint density at radius 1 is 1.19 bits per heavy atom. The molecule has 21 heavy (non-hydrogen) atoms. The van der Waals surface area contributed by atoms with Gasteiger partial charge in [-0.05, 0) is 36.6 Å². The minimum Gasteiger partial charge on any atom is -0.321 e. The van der Waals surface area contributed by atoms with E-state index in [1.165, 1.54) is 24.3 Å². The Balaban J connectivity index is 2.24. The largest absolute Gasteiger partial charge is 0.321 e. The predicted octanol–water partition coefficient (Wildman–Crippen LogP) is 3.72. The van der Waals surface area contributed by atoms with Crippen molar-refractivity contribution in [3.63, 3.8) is 0 Å². The molecule has 0 heterocycles. The Labute approximate surface area is 122 Å². The molecule has 2 rings (SSSR count). The third-order valence-corrected chi connectivity index (χ3v) is 3.32. The lowest BCUT2D eigenvalue weighted by Gasteiger charge is -2.12. The van der Waals surface area contributed by atoms with Crippen LogP contribution < -0.4 is 5.32 Å². The minimum atomic E-state index is -0.488. The van der Waals surface area contributed by atoms with Gasteiger partial charge in [-0.25, -0.2) is 0 Å². The first-order chi connectivity index (χ1) is 10.0. The lowest BCUT2D eigenvalue weighted by molar-refractivity contribution is -0.384. The van der Waals surface area contributed by atoms with E-state index < -0.39 is 4.92 Å². The molecule has 2 aromatic carbocycles. The number of rotatable bonds is 4. The van der Waals surface area contributed by atoms with Crippen molar-refractivity contribution in [1.29, 1.82) is 0 Å². The van der Waals surface area contributed by atoms with Crippen molar-refractivity contribution >= 4 is 17.3 Å². The molecule has 1 N–H and O–H groups in total. The summed E-state index contributed by atoms with van der Waals surface area (Å²) in [4.78, 5) is 22.4. The van der Waals surface area contributed by atoms with Crippen molar-refractivity contribution in [1.82, 2.24) is 0 Å². The van der Waals surface area contributed by atoms with E-state index in [1.54, 1.807) is 0 Å². The summed E-state index contributed by atoms with van der Waals surface area (Å²) in [6.07, 6.45) is 0.817. The van der Waals surface area contributed by atoms with E-state index in [4.69, 9.17) is 0 Å². The van der Waals surface area contributed by atoms with E-state index in [0.29, 0.717) is 5.56 Å². The van der Waals surface area contributed by atoms with Crippen LogP contribution in [0.1, 0.15) is 28.4 Å². The number of non-ortho nitro benzene ring substituents is 1. The summed E-state index contributed by atoms with van der Waals surface area (Å²) in [5.74, 6) is -0.270. The molecule has 0 unspecified atom stereocenters. The summed E-state index contributed by atoms with van der Waals surface area (Å²) in [5.41, 5.74) is 3.22. The number of hydrogen-bond acceptors (Lipinski definition) is 3. The first-order valence-corrected chi connectivity index (χ1v) is 6.67. The molecule has 0 aliphatic carbocycles. The number of benzene rings is 2. The second-order valence-electron chi connectivity index (χ2n) is 4.72. The molecule has 0 bridgehead atoms. The summed E-state index contributed by atoms with van der Waals surface area (Å²) in [6, 6.07) is 11.4. The summed E-state index contributed by atoms with van der Waals surface area (Å²) in [7, 11) is 0. The number of nitrogens with one attached hydrogen (secondary N) is 1. The van der Waals surface area contributed by atoms with Gasteiger partial charge in [-0.2, -0.15) is 0 Å². The number of nitro benzene ring substituents is 1. The number of carbonyl (C=O) groups excluding carboxylic acids is 1. The smallest absolute Gasteiger partial charge is 0.269 e. The fourth-order valence-corrected chi connectivity index (χ4v) is 2.12. The number of carbonyl (C=O) groups is 1. The highest BCUT2D eigenvalue weighted by molar-refractivity contribution is 6.05. The third kappa shape index (κ3) is 3.25. The molecule has 0 aliphatic rings. The summed E-state index contributed by atoms with van der Waals surface area (Å²) in [5, 5.41) is 13.5. The van der Waals surface area contributed by atoms with Gasteiger partial charge in [0, 0.05) is 23.4 Å². The molecule has 0 spiro atoms. The Morgan fingerprint density at radius 2 is 1.86 bits per heavy atom. The normalized spacial score (nSPS) is 10.2. The molecule has 5 nitrogen and oxygen atoms in total. The topological polar surface area (TPSA) is 72.2 Å². The minimum absolute atomic E-state index is 0.0308. The number of nitrogens with zero attached hydrogens (tertiary/aromatic N) is 1. The molecule has 0 aromatic heterocycles. The number of nitro groups is 1. The first-order valence-electron chi connectivity index (χ1n) is 6.67. The first kappa shape index (κ1) is 14.7. The maximum atomic E-state index is 12.2. The Morgan fingerprint density at radius 3 is 2.43 bits per heavy atom. The lowest BCUT2D eigenvalue weighted by Crippen LogP contribution is -2.14. The van der Waals surface area contributed by atoms with Crippen LogP contribution in [0.25, 0.3) is 0 Å². The SMILES string of the molecule is CCc1cccc(C)c1NC(=O)c1ccc([N+](=O)[O-])cc1. The molecule has 0 fully saturated rings. The van der Waals surface area contributed by atoms with Crippen molar-refractivity contribution in [2.45, 2.75) is 20.3 Å². The van der Waals surface area contributed by atoms with Gasteiger partial charge in [0.2, 0.25) is 0 Å². The maximum Gasteiger partial charge on any atom is 0.269 e. The molecule has 0 atom stereocenters.